The molecule has 2 aliphatic heterocycles. The first-order valence-electron chi connectivity index (χ1n) is 15.0. The maximum Gasteiger partial charge on any atom is 0.494 e. The Morgan fingerprint density at radius 2 is 1.68 bits per heavy atom. The Morgan fingerprint density at radius 1 is 1.09 bits per heavy atom. The number of ether oxygens (including phenoxy) is 3. The highest BCUT2D eigenvalue weighted by molar-refractivity contribution is 8.15. The van der Waals surface area contributed by atoms with Gasteiger partial charge < -0.3 is 23.5 Å². The summed E-state index contributed by atoms with van der Waals surface area (Å²) in [5.74, 6) is -1.03. The van der Waals surface area contributed by atoms with E-state index in [-0.39, 0.29) is 23.9 Å². The summed E-state index contributed by atoms with van der Waals surface area (Å²) < 4.78 is 44.0. The minimum atomic E-state index is -1.40. The number of nitrogens with zero attached hydrogens (tertiary/aromatic N) is 2. The van der Waals surface area contributed by atoms with Crippen molar-refractivity contribution in [3.8, 4) is 0 Å². The number of esters is 1. The SMILES string of the molecule is COC(=O)[C@]1(C)C[C@@](C)(c2cc(B3OC(C)(C)C(C)(C)O3)ccc2F)N=C(N(COCC[Si](C)(C)C)C(=O)OC(C)(C)C)S1. The standard InChI is InChI=1S/C31H50BFN2O7SSi/c1-27(2,3)40-26(37)35(20-39-16-17-44(11,12)13)25-34-30(8,19-31(9,43-25)24(36)38-10)22-18-21(14-15-23(22)33)32-41-28(4,5)29(6,7)42-32/h14-15,18H,16-17,19-20H2,1-13H3/t30-,31-/m0/s1. The lowest BCUT2D eigenvalue weighted by Crippen LogP contribution is -2.50. The Balaban J connectivity index is 2.11. The molecular formula is C31H50BFN2O7SSi. The van der Waals surface area contributed by atoms with Gasteiger partial charge in [0.1, 0.15) is 22.9 Å². The van der Waals surface area contributed by atoms with Crippen LogP contribution in [0.4, 0.5) is 9.18 Å². The number of methoxy groups -OCH3 is 1. The highest BCUT2D eigenvalue weighted by Crippen LogP contribution is 2.48. The molecule has 0 saturated carbocycles. The minimum absolute atomic E-state index is 0.100. The summed E-state index contributed by atoms with van der Waals surface area (Å²) >= 11 is 1.08. The van der Waals surface area contributed by atoms with E-state index in [0.29, 0.717) is 12.1 Å². The average Bonchev–Trinajstić information content (AvgIpc) is 3.07. The smallest absolute Gasteiger partial charge is 0.468 e. The van der Waals surface area contributed by atoms with Crippen LogP contribution in [0, 0.1) is 5.82 Å². The highest BCUT2D eigenvalue weighted by atomic mass is 32.2. The molecule has 0 aromatic heterocycles. The third-order valence-electron chi connectivity index (χ3n) is 8.12. The van der Waals surface area contributed by atoms with Crippen LogP contribution in [0.5, 0.6) is 0 Å². The van der Waals surface area contributed by atoms with Crippen molar-refractivity contribution in [1.29, 1.82) is 0 Å². The van der Waals surface area contributed by atoms with E-state index >= 15 is 4.39 Å². The summed E-state index contributed by atoms with van der Waals surface area (Å²) in [7, 11) is -0.824. The Kier molecular flexibility index (Phi) is 10.5. The molecule has 0 bridgehead atoms. The van der Waals surface area contributed by atoms with Crippen molar-refractivity contribution in [2.45, 2.75) is 122 Å². The summed E-state index contributed by atoms with van der Waals surface area (Å²) in [4.78, 5) is 33.1. The van der Waals surface area contributed by atoms with Crippen molar-refractivity contribution in [3.63, 3.8) is 0 Å². The molecule has 1 fully saturated rings. The molecule has 9 nitrogen and oxygen atoms in total. The van der Waals surface area contributed by atoms with Gasteiger partial charge in [-0.25, -0.2) is 14.1 Å². The zero-order valence-electron chi connectivity index (χ0n) is 28.7. The molecule has 44 heavy (non-hydrogen) atoms. The zero-order chi connectivity index (χ0) is 33.5. The van der Waals surface area contributed by atoms with E-state index in [9.17, 15) is 9.59 Å². The average molecular weight is 653 g/mol. The molecular weight excluding hydrogens is 602 g/mol. The molecule has 2 atom stereocenters. The molecule has 0 N–H and O–H groups in total. The summed E-state index contributed by atoms with van der Waals surface area (Å²) in [5, 5.41) is 0.175. The topological polar surface area (TPSA) is 95.9 Å². The molecule has 0 spiro atoms. The summed E-state index contributed by atoms with van der Waals surface area (Å²) in [5.41, 5.74) is -2.40. The van der Waals surface area contributed by atoms with Gasteiger partial charge >= 0.3 is 19.2 Å². The predicted molar refractivity (Wildman–Crippen MR) is 177 cm³/mol. The summed E-state index contributed by atoms with van der Waals surface area (Å²) in [6.07, 6.45) is -0.580. The fourth-order valence-corrected chi connectivity index (χ4v) is 7.05. The molecule has 1 amide bonds. The molecule has 1 saturated heterocycles. The molecule has 0 unspecified atom stereocenters. The van der Waals surface area contributed by atoms with Gasteiger partial charge in [-0.2, -0.15) is 0 Å². The van der Waals surface area contributed by atoms with Crippen LogP contribution in [-0.2, 0) is 33.9 Å². The first-order chi connectivity index (χ1) is 19.9. The highest BCUT2D eigenvalue weighted by Gasteiger charge is 2.53. The molecule has 13 heteroatoms. The zero-order valence-corrected chi connectivity index (χ0v) is 30.5. The van der Waals surface area contributed by atoms with Crippen LogP contribution in [0.15, 0.2) is 23.2 Å². The number of carbonyl (C=O) groups excluding carboxylic acids is 2. The maximum absolute atomic E-state index is 15.8. The first-order valence-corrected chi connectivity index (χ1v) is 19.6. The van der Waals surface area contributed by atoms with Crippen molar-refractivity contribution >= 4 is 49.6 Å². The van der Waals surface area contributed by atoms with E-state index in [1.165, 1.54) is 18.1 Å². The molecule has 246 valence electrons. The third kappa shape index (κ3) is 8.45. The lowest BCUT2D eigenvalue weighted by Gasteiger charge is -2.42. The molecule has 2 heterocycles. The monoisotopic (exact) mass is 652 g/mol. The number of halogens is 1. The van der Waals surface area contributed by atoms with E-state index in [4.69, 9.17) is 28.5 Å². The summed E-state index contributed by atoms with van der Waals surface area (Å²) in [6.45, 7) is 23.6. The van der Waals surface area contributed by atoms with Crippen LogP contribution in [0.25, 0.3) is 0 Å². The number of aliphatic imine (C=N–C) groups is 1. The van der Waals surface area contributed by atoms with Crippen LogP contribution >= 0.6 is 11.8 Å². The van der Waals surface area contributed by atoms with E-state index in [2.05, 4.69) is 19.6 Å². The fourth-order valence-electron chi connectivity index (χ4n) is 4.89. The first kappa shape index (κ1) is 36.5. The second-order valence-corrected chi connectivity index (χ2v) is 22.3. The van der Waals surface area contributed by atoms with Gasteiger partial charge in [-0.1, -0.05) is 43.5 Å². The molecule has 2 aliphatic rings. The van der Waals surface area contributed by atoms with Crippen LogP contribution in [0.3, 0.4) is 0 Å². The number of rotatable bonds is 8. The number of amides is 1. The number of hydrogen-bond acceptors (Lipinski definition) is 9. The second-order valence-electron chi connectivity index (χ2n) is 15.3. The van der Waals surface area contributed by atoms with Crippen LogP contribution < -0.4 is 5.46 Å². The third-order valence-corrected chi connectivity index (χ3v) is 11.1. The molecule has 1 aromatic carbocycles. The number of carbonyl (C=O) groups is 2. The van der Waals surface area contributed by atoms with Crippen molar-refractivity contribution < 1.29 is 37.5 Å². The number of hydrogen-bond donors (Lipinski definition) is 0. The largest absolute Gasteiger partial charge is 0.494 e. The molecule has 0 aliphatic carbocycles. The molecule has 1 aromatic rings. The number of thioether (sulfide) groups is 1. The van der Waals surface area contributed by atoms with Gasteiger partial charge in [0, 0.05) is 26.7 Å². The Labute approximate surface area is 268 Å². The lowest BCUT2D eigenvalue weighted by atomic mass is 9.75. The predicted octanol–water partition coefficient (Wildman–Crippen LogP) is 6.31. The van der Waals surface area contributed by atoms with E-state index < -0.39 is 60.2 Å². The van der Waals surface area contributed by atoms with Crippen LogP contribution in [0.1, 0.15) is 74.3 Å². The van der Waals surface area contributed by atoms with Gasteiger partial charge in [0.05, 0.1) is 23.9 Å². The summed E-state index contributed by atoms with van der Waals surface area (Å²) in [6, 6.07) is 5.56. The van der Waals surface area contributed by atoms with Crippen LogP contribution in [-0.4, -0.2) is 79.3 Å². The Bertz CT molecular complexity index is 1270. The maximum atomic E-state index is 15.8. The normalized spacial score (nSPS) is 25.0. The van der Waals surface area contributed by atoms with E-state index in [1.807, 2.05) is 27.7 Å². The van der Waals surface area contributed by atoms with Crippen molar-refractivity contribution in [2.75, 3.05) is 20.4 Å². The number of amidine groups is 1. The molecule has 0 radical (unpaired) electrons. The van der Waals surface area contributed by atoms with Gasteiger partial charge in [0.2, 0.25) is 0 Å². The van der Waals surface area contributed by atoms with Gasteiger partial charge in [-0.3, -0.25) is 9.79 Å². The van der Waals surface area contributed by atoms with Gasteiger partial charge in [-0.05, 0) is 79.9 Å². The fraction of sp³-hybridized carbons (Fsp3) is 0.710. The van der Waals surface area contributed by atoms with E-state index in [1.54, 1.807) is 46.8 Å². The number of benzene rings is 1. The van der Waals surface area contributed by atoms with E-state index in [0.717, 1.165) is 17.8 Å². The molecule has 3 rings (SSSR count). The van der Waals surface area contributed by atoms with Crippen molar-refractivity contribution in [1.82, 2.24) is 4.90 Å². The quantitative estimate of drug-likeness (QED) is 0.140. The Hall–Kier alpha value is -1.93. The van der Waals surface area contributed by atoms with Gasteiger partial charge in [0.25, 0.3) is 0 Å². The lowest BCUT2D eigenvalue weighted by molar-refractivity contribution is -0.143. The van der Waals surface area contributed by atoms with Crippen LogP contribution in [0.2, 0.25) is 25.7 Å². The second kappa shape index (κ2) is 12.7. The Morgan fingerprint density at radius 3 is 2.20 bits per heavy atom. The van der Waals surface area contributed by atoms with Gasteiger partial charge in [-0.15, -0.1) is 0 Å². The van der Waals surface area contributed by atoms with Gasteiger partial charge in [0.15, 0.2) is 5.17 Å². The van der Waals surface area contributed by atoms with Crippen molar-refractivity contribution in [2.24, 2.45) is 4.99 Å². The van der Waals surface area contributed by atoms with Crippen molar-refractivity contribution in [3.05, 3.63) is 29.6 Å². The minimum Gasteiger partial charge on any atom is -0.468 e.